The van der Waals surface area contributed by atoms with Crippen molar-refractivity contribution in [3.05, 3.63) is 75.8 Å². The maximum Gasteiger partial charge on any atom is 0.262 e. The summed E-state index contributed by atoms with van der Waals surface area (Å²) in [7, 11) is 0. The van der Waals surface area contributed by atoms with Crippen molar-refractivity contribution in [2.75, 3.05) is 5.75 Å². The number of Topliss-reactive ketones (excluding diaryl/α,β-unsaturated/α-hetero) is 1. The van der Waals surface area contributed by atoms with Crippen molar-refractivity contribution in [1.82, 2.24) is 0 Å². The second kappa shape index (κ2) is 7.59. The predicted molar refractivity (Wildman–Crippen MR) is 121 cm³/mol. The SMILES string of the molecule is O=C(CSC1=NC(=O)C2C(=N1)SC1=C2CCc2ccccc21)c1ccc(Cl)cc1. The summed E-state index contributed by atoms with van der Waals surface area (Å²) in [4.78, 5) is 35.1. The normalized spacial score (nSPS) is 19.9. The highest BCUT2D eigenvalue weighted by Gasteiger charge is 2.42. The van der Waals surface area contributed by atoms with Gasteiger partial charge >= 0.3 is 0 Å². The molecule has 5 rings (SSSR count). The molecule has 0 saturated carbocycles. The molecule has 2 aromatic rings. The van der Waals surface area contributed by atoms with E-state index in [-0.39, 0.29) is 23.4 Å². The zero-order valence-electron chi connectivity index (χ0n) is 15.2. The van der Waals surface area contributed by atoms with Crippen LogP contribution in [0.1, 0.15) is 27.9 Å². The molecule has 0 fully saturated rings. The molecule has 1 unspecified atom stereocenters. The number of aryl methyl sites for hydroxylation is 1. The van der Waals surface area contributed by atoms with Gasteiger partial charge in [0.25, 0.3) is 5.91 Å². The zero-order valence-corrected chi connectivity index (χ0v) is 17.6. The molecular weight excluding hydrogens is 424 g/mol. The number of halogens is 1. The first-order chi connectivity index (χ1) is 14.1. The topological polar surface area (TPSA) is 58.9 Å². The van der Waals surface area contributed by atoms with E-state index in [4.69, 9.17) is 11.6 Å². The van der Waals surface area contributed by atoms with Crippen LogP contribution in [0.3, 0.4) is 0 Å². The molecule has 2 aliphatic heterocycles. The minimum atomic E-state index is -0.348. The molecule has 7 heteroatoms. The van der Waals surface area contributed by atoms with Crippen LogP contribution in [0.15, 0.2) is 64.1 Å². The largest absolute Gasteiger partial charge is 0.293 e. The lowest BCUT2D eigenvalue weighted by Crippen LogP contribution is -2.25. The Morgan fingerprint density at radius 1 is 1.10 bits per heavy atom. The number of hydrogen-bond acceptors (Lipinski definition) is 5. The fourth-order valence-electron chi connectivity index (χ4n) is 3.76. The minimum Gasteiger partial charge on any atom is -0.293 e. The molecule has 3 aliphatic rings. The first-order valence-electron chi connectivity index (χ1n) is 9.22. The molecule has 1 atom stereocenters. The van der Waals surface area contributed by atoms with Gasteiger partial charge in [-0.25, -0.2) is 4.99 Å². The Hall–Kier alpha value is -2.15. The summed E-state index contributed by atoms with van der Waals surface area (Å²) in [6.07, 6.45) is 1.80. The fourth-order valence-corrected chi connectivity index (χ4v) is 6.05. The van der Waals surface area contributed by atoms with Gasteiger partial charge in [0, 0.05) is 15.5 Å². The Kier molecular flexibility index (Phi) is 4.94. The van der Waals surface area contributed by atoms with E-state index in [1.165, 1.54) is 22.9 Å². The standard InChI is InChI=1S/C22H15ClN2O2S2/c23-14-8-5-13(6-9-14)17(26)11-28-22-24-20(27)18-16-10-7-12-3-1-2-4-15(12)19(16)29-21(18)25-22/h1-6,8-9,18H,7,10-11H2. The predicted octanol–water partition coefficient (Wildman–Crippen LogP) is 5.27. The van der Waals surface area contributed by atoms with Gasteiger partial charge in [-0.05, 0) is 53.8 Å². The summed E-state index contributed by atoms with van der Waals surface area (Å²) in [6, 6.07) is 15.1. The Bertz CT molecular complexity index is 1140. The highest BCUT2D eigenvalue weighted by Crippen LogP contribution is 2.51. The molecule has 144 valence electrons. The molecule has 0 bridgehead atoms. The number of fused-ring (bicyclic) bond motifs is 4. The van der Waals surface area contributed by atoms with Crippen molar-refractivity contribution in [2.24, 2.45) is 15.9 Å². The minimum absolute atomic E-state index is 0.0467. The molecule has 0 radical (unpaired) electrons. The van der Waals surface area contributed by atoms with E-state index >= 15 is 0 Å². The Morgan fingerprint density at radius 2 is 1.90 bits per heavy atom. The zero-order chi connectivity index (χ0) is 20.0. The number of aliphatic imine (C=N–C) groups is 2. The first-order valence-corrected chi connectivity index (χ1v) is 11.4. The van der Waals surface area contributed by atoms with Gasteiger partial charge in [-0.1, -0.05) is 59.4 Å². The van der Waals surface area contributed by atoms with Crippen LogP contribution in [-0.2, 0) is 11.2 Å². The summed E-state index contributed by atoms with van der Waals surface area (Å²) in [6.45, 7) is 0. The third-order valence-corrected chi connectivity index (χ3v) is 7.50. The van der Waals surface area contributed by atoms with Crippen molar-refractivity contribution in [3.8, 4) is 0 Å². The number of amides is 1. The van der Waals surface area contributed by atoms with E-state index in [0.717, 1.165) is 28.4 Å². The van der Waals surface area contributed by atoms with Crippen LogP contribution in [0.25, 0.3) is 4.91 Å². The second-order valence-corrected chi connectivity index (χ2v) is 9.36. The first kappa shape index (κ1) is 18.9. The molecule has 0 saturated heterocycles. The van der Waals surface area contributed by atoms with Gasteiger partial charge in [0.15, 0.2) is 11.0 Å². The second-order valence-electron chi connectivity index (χ2n) is 6.95. The van der Waals surface area contributed by atoms with E-state index in [0.29, 0.717) is 15.8 Å². The summed E-state index contributed by atoms with van der Waals surface area (Å²) in [5, 5.41) is 1.74. The van der Waals surface area contributed by atoms with E-state index in [1.54, 1.807) is 36.0 Å². The van der Waals surface area contributed by atoms with Crippen LogP contribution >= 0.6 is 35.1 Å². The number of carbonyl (C=O) groups excluding carboxylic acids is 2. The number of thioether (sulfide) groups is 2. The van der Waals surface area contributed by atoms with Gasteiger partial charge in [-0.2, -0.15) is 4.99 Å². The number of carbonyl (C=O) groups is 2. The fraction of sp³-hybridized carbons (Fsp3) is 0.182. The molecule has 2 aromatic carbocycles. The summed E-state index contributed by atoms with van der Waals surface area (Å²) in [5.74, 6) is -0.391. The van der Waals surface area contributed by atoms with Crippen LogP contribution in [0, 0.1) is 5.92 Å². The van der Waals surface area contributed by atoms with Crippen molar-refractivity contribution >= 4 is 61.9 Å². The molecule has 4 nitrogen and oxygen atoms in total. The van der Waals surface area contributed by atoms with Gasteiger partial charge in [0.2, 0.25) is 0 Å². The van der Waals surface area contributed by atoms with Gasteiger partial charge in [0.05, 0.1) is 10.8 Å². The van der Waals surface area contributed by atoms with E-state index in [1.807, 2.05) is 6.07 Å². The number of rotatable bonds is 3. The summed E-state index contributed by atoms with van der Waals surface area (Å²) < 4.78 is 0. The van der Waals surface area contributed by atoms with Crippen LogP contribution in [0.4, 0.5) is 0 Å². The van der Waals surface area contributed by atoms with Crippen molar-refractivity contribution < 1.29 is 9.59 Å². The molecule has 0 spiro atoms. The summed E-state index contributed by atoms with van der Waals surface area (Å²) >= 11 is 8.65. The highest BCUT2D eigenvalue weighted by molar-refractivity contribution is 8.22. The quantitative estimate of drug-likeness (QED) is 0.612. The Morgan fingerprint density at radius 3 is 2.72 bits per heavy atom. The third kappa shape index (κ3) is 3.50. The molecule has 29 heavy (non-hydrogen) atoms. The van der Waals surface area contributed by atoms with Crippen molar-refractivity contribution in [3.63, 3.8) is 0 Å². The lowest BCUT2D eigenvalue weighted by Gasteiger charge is -2.20. The average molecular weight is 439 g/mol. The molecule has 0 N–H and O–H groups in total. The molecule has 1 aliphatic carbocycles. The maximum absolute atomic E-state index is 12.8. The number of ketones is 1. The highest BCUT2D eigenvalue weighted by atomic mass is 35.5. The van der Waals surface area contributed by atoms with Gasteiger partial charge in [-0.15, -0.1) is 0 Å². The maximum atomic E-state index is 12.8. The van der Waals surface area contributed by atoms with E-state index in [2.05, 4.69) is 28.2 Å². The Labute approximate surface area is 181 Å². The number of benzene rings is 2. The van der Waals surface area contributed by atoms with Crippen molar-refractivity contribution in [2.45, 2.75) is 12.8 Å². The lowest BCUT2D eigenvalue weighted by molar-refractivity contribution is -0.118. The molecule has 2 heterocycles. The number of nitrogens with zero attached hydrogens (tertiary/aromatic N) is 2. The van der Waals surface area contributed by atoms with Gasteiger partial charge < -0.3 is 0 Å². The van der Waals surface area contributed by atoms with Crippen LogP contribution in [-0.4, -0.2) is 27.7 Å². The third-order valence-electron chi connectivity index (χ3n) is 5.18. The van der Waals surface area contributed by atoms with Crippen molar-refractivity contribution in [1.29, 1.82) is 0 Å². The molecule has 0 aromatic heterocycles. The Balaban J connectivity index is 1.33. The van der Waals surface area contributed by atoms with Crippen LogP contribution in [0.2, 0.25) is 5.02 Å². The number of hydrogen-bond donors (Lipinski definition) is 0. The lowest BCUT2D eigenvalue weighted by atomic mass is 9.85. The van der Waals surface area contributed by atoms with Gasteiger partial charge in [-0.3, -0.25) is 9.59 Å². The average Bonchev–Trinajstić information content (AvgIpc) is 3.12. The van der Waals surface area contributed by atoms with Crippen LogP contribution in [0.5, 0.6) is 0 Å². The van der Waals surface area contributed by atoms with E-state index in [9.17, 15) is 9.59 Å². The smallest absolute Gasteiger partial charge is 0.262 e. The monoisotopic (exact) mass is 438 g/mol. The molecule has 1 amide bonds. The van der Waals surface area contributed by atoms with E-state index < -0.39 is 0 Å². The number of amidine groups is 1. The summed E-state index contributed by atoms with van der Waals surface area (Å²) in [5.41, 5.74) is 4.24. The van der Waals surface area contributed by atoms with Crippen LogP contribution < -0.4 is 0 Å². The van der Waals surface area contributed by atoms with Gasteiger partial charge in [0.1, 0.15) is 5.92 Å². The molecular formula is C22H15ClN2O2S2.